The third-order valence-electron chi connectivity index (χ3n) is 5.24. The van der Waals surface area contributed by atoms with Crippen molar-refractivity contribution >= 4 is 27.3 Å². The normalized spacial score (nSPS) is 15.6. The van der Waals surface area contributed by atoms with Gasteiger partial charge >= 0.3 is 5.97 Å². The number of sulfonamides is 1. The fourth-order valence-electron chi connectivity index (χ4n) is 3.70. The van der Waals surface area contributed by atoms with E-state index in [-0.39, 0.29) is 22.9 Å². The number of hydrogen-bond acceptors (Lipinski definition) is 7. The lowest BCUT2D eigenvalue weighted by Gasteiger charge is -2.29. The molecular weight excluding hydrogens is 424 g/mol. The molecule has 1 N–H and O–H groups in total. The summed E-state index contributed by atoms with van der Waals surface area (Å²) in [6, 6.07) is 10.3. The first-order valence-corrected chi connectivity index (χ1v) is 12.2. The molecule has 1 aromatic carbocycles. The van der Waals surface area contributed by atoms with Crippen LogP contribution in [-0.2, 0) is 32.5 Å². The molecule has 2 aromatic rings. The fraction of sp³-hybridized carbons (Fsp3) is 0.476. The number of thiophene rings is 1. The van der Waals surface area contributed by atoms with Gasteiger partial charge < -0.3 is 9.47 Å². The molecule has 164 valence electrons. The van der Waals surface area contributed by atoms with E-state index in [4.69, 9.17) is 9.47 Å². The fourth-order valence-corrected chi connectivity index (χ4v) is 6.69. The Kier molecular flexibility index (Phi) is 7.65. The number of fused-ring (bicyclic) bond motifs is 1. The molecule has 0 saturated carbocycles. The van der Waals surface area contributed by atoms with Crippen molar-refractivity contribution in [2.45, 2.75) is 30.0 Å². The first-order valence-electron chi connectivity index (χ1n) is 9.86. The molecule has 3 rings (SSSR count). The Morgan fingerprint density at radius 1 is 1.27 bits per heavy atom. The third kappa shape index (κ3) is 5.09. The van der Waals surface area contributed by atoms with Crippen molar-refractivity contribution in [2.24, 2.45) is 0 Å². The van der Waals surface area contributed by atoms with Crippen LogP contribution < -0.4 is 4.72 Å². The monoisotopic (exact) mass is 452 g/mol. The standard InChI is InChI=1S/C21H28N2O5S2/c1-15(16-7-5-4-6-8-16)13-23-11-9-17-18(14-23)29-21(19(17)20(24)28-3)30(25,26)22-10-12-27-2/h4-8,15,22H,9-14H2,1-3H3. The van der Waals surface area contributed by atoms with Crippen LogP contribution in [0.15, 0.2) is 34.5 Å². The number of methoxy groups -OCH3 is 2. The van der Waals surface area contributed by atoms with Gasteiger partial charge in [-0.3, -0.25) is 4.90 Å². The zero-order valence-corrected chi connectivity index (χ0v) is 19.1. The summed E-state index contributed by atoms with van der Waals surface area (Å²) < 4.78 is 38.0. The number of ether oxygens (including phenoxy) is 2. The highest BCUT2D eigenvalue weighted by atomic mass is 32.2. The molecule has 0 aliphatic carbocycles. The molecule has 1 atom stereocenters. The molecule has 9 heteroatoms. The lowest BCUT2D eigenvalue weighted by atomic mass is 9.98. The number of nitrogens with zero attached hydrogens (tertiary/aromatic N) is 1. The van der Waals surface area contributed by atoms with E-state index in [1.807, 2.05) is 18.2 Å². The van der Waals surface area contributed by atoms with Crippen LogP contribution in [0.25, 0.3) is 0 Å². The van der Waals surface area contributed by atoms with E-state index >= 15 is 0 Å². The summed E-state index contributed by atoms with van der Waals surface area (Å²) in [6.45, 7) is 4.83. The van der Waals surface area contributed by atoms with Gasteiger partial charge in [-0.2, -0.15) is 0 Å². The van der Waals surface area contributed by atoms with Crippen LogP contribution in [0.5, 0.6) is 0 Å². The summed E-state index contributed by atoms with van der Waals surface area (Å²) in [5, 5.41) is 0. The van der Waals surface area contributed by atoms with Crippen LogP contribution in [0.2, 0.25) is 0 Å². The average Bonchev–Trinajstić information content (AvgIpc) is 3.13. The van der Waals surface area contributed by atoms with Crippen molar-refractivity contribution in [1.82, 2.24) is 9.62 Å². The van der Waals surface area contributed by atoms with E-state index in [0.29, 0.717) is 18.9 Å². The highest BCUT2D eigenvalue weighted by molar-refractivity contribution is 7.91. The summed E-state index contributed by atoms with van der Waals surface area (Å²) in [6.07, 6.45) is 0.616. The number of esters is 1. The maximum absolute atomic E-state index is 12.8. The van der Waals surface area contributed by atoms with E-state index in [1.165, 1.54) is 19.8 Å². The summed E-state index contributed by atoms with van der Waals surface area (Å²) in [5.41, 5.74) is 2.25. The molecular formula is C21H28N2O5S2. The molecule has 30 heavy (non-hydrogen) atoms. The molecule has 1 unspecified atom stereocenters. The molecule has 0 spiro atoms. The molecule has 1 aromatic heterocycles. The van der Waals surface area contributed by atoms with Gasteiger partial charge in [-0.05, 0) is 23.5 Å². The molecule has 0 fully saturated rings. The van der Waals surface area contributed by atoms with Gasteiger partial charge in [-0.25, -0.2) is 17.9 Å². The zero-order valence-electron chi connectivity index (χ0n) is 17.5. The zero-order chi connectivity index (χ0) is 21.7. The minimum Gasteiger partial charge on any atom is -0.465 e. The second-order valence-electron chi connectivity index (χ2n) is 7.35. The van der Waals surface area contributed by atoms with Gasteiger partial charge in [-0.1, -0.05) is 37.3 Å². The van der Waals surface area contributed by atoms with Crippen molar-refractivity contribution < 1.29 is 22.7 Å². The van der Waals surface area contributed by atoms with Gasteiger partial charge in [0.25, 0.3) is 10.0 Å². The van der Waals surface area contributed by atoms with Crippen LogP contribution in [0, 0.1) is 0 Å². The maximum atomic E-state index is 12.8. The molecule has 7 nitrogen and oxygen atoms in total. The van der Waals surface area contributed by atoms with Crippen molar-refractivity contribution in [3.8, 4) is 0 Å². The first-order chi connectivity index (χ1) is 14.4. The van der Waals surface area contributed by atoms with E-state index < -0.39 is 16.0 Å². The van der Waals surface area contributed by atoms with Crippen molar-refractivity contribution in [2.75, 3.05) is 40.5 Å². The van der Waals surface area contributed by atoms with Gasteiger partial charge in [0.15, 0.2) is 0 Å². The largest absolute Gasteiger partial charge is 0.465 e. The SMILES string of the molecule is COCCNS(=O)(=O)c1sc2c(c1C(=O)OC)CCN(CC(C)c1ccccc1)C2. The van der Waals surface area contributed by atoms with Gasteiger partial charge in [0.1, 0.15) is 4.21 Å². The minimum absolute atomic E-state index is 0.0356. The third-order valence-corrected chi connectivity index (χ3v) is 8.43. The minimum atomic E-state index is -3.83. The molecule has 1 aliphatic rings. The number of carbonyl (C=O) groups is 1. The van der Waals surface area contributed by atoms with Crippen LogP contribution in [0.4, 0.5) is 0 Å². The number of hydrogen-bond donors (Lipinski definition) is 1. The van der Waals surface area contributed by atoms with Gasteiger partial charge in [0.2, 0.25) is 0 Å². The number of rotatable bonds is 9. The lowest BCUT2D eigenvalue weighted by Crippen LogP contribution is -2.33. The quantitative estimate of drug-likeness (QED) is 0.465. The average molecular weight is 453 g/mol. The molecule has 1 aliphatic heterocycles. The summed E-state index contributed by atoms with van der Waals surface area (Å²) in [4.78, 5) is 15.7. The highest BCUT2D eigenvalue weighted by Gasteiger charge is 2.34. The molecule has 0 radical (unpaired) electrons. The molecule has 0 bridgehead atoms. The predicted octanol–water partition coefficient (Wildman–Crippen LogP) is 2.62. The lowest BCUT2D eigenvalue weighted by molar-refractivity contribution is 0.0595. The van der Waals surface area contributed by atoms with Crippen molar-refractivity contribution in [3.63, 3.8) is 0 Å². The number of nitrogens with one attached hydrogen (secondary N) is 1. The highest BCUT2D eigenvalue weighted by Crippen LogP contribution is 2.37. The second kappa shape index (κ2) is 10.0. The maximum Gasteiger partial charge on any atom is 0.340 e. The molecule has 2 heterocycles. The first kappa shape index (κ1) is 22.9. The topological polar surface area (TPSA) is 84.9 Å². The predicted molar refractivity (Wildman–Crippen MR) is 117 cm³/mol. The summed E-state index contributed by atoms with van der Waals surface area (Å²) in [7, 11) is -1.05. The van der Waals surface area contributed by atoms with Gasteiger partial charge in [-0.15, -0.1) is 11.3 Å². The van der Waals surface area contributed by atoms with Crippen molar-refractivity contribution in [3.05, 3.63) is 51.9 Å². The molecule has 0 saturated heterocycles. The van der Waals surface area contributed by atoms with E-state index in [2.05, 4.69) is 28.7 Å². The smallest absolute Gasteiger partial charge is 0.340 e. The Bertz CT molecular complexity index is 973. The van der Waals surface area contributed by atoms with Crippen LogP contribution in [-0.4, -0.2) is 59.7 Å². The van der Waals surface area contributed by atoms with Crippen molar-refractivity contribution in [1.29, 1.82) is 0 Å². The van der Waals surface area contributed by atoms with E-state index in [0.717, 1.165) is 34.9 Å². The summed E-state index contributed by atoms with van der Waals surface area (Å²) in [5.74, 6) is -0.252. The number of benzene rings is 1. The Balaban J connectivity index is 1.84. The Morgan fingerprint density at radius 2 is 2.00 bits per heavy atom. The van der Waals surface area contributed by atoms with E-state index in [9.17, 15) is 13.2 Å². The van der Waals surface area contributed by atoms with Crippen LogP contribution >= 0.6 is 11.3 Å². The Labute approximate surface area is 182 Å². The summed E-state index contributed by atoms with van der Waals surface area (Å²) >= 11 is 1.16. The van der Waals surface area contributed by atoms with Crippen LogP contribution in [0.1, 0.15) is 39.2 Å². The van der Waals surface area contributed by atoms with Crippen LogP contribution in [0.3, 0.4) is 0 Å². The van der Waals surface area contributed by atoms with Gasteiger partial charge in [0.05, 0.1) is 19.3 Å². The Hall–Kier alpha value is -1.78. The molecule has 0 amide bonds. The van der Waals surface area contributed by atoms with E-state index in [1.54, 1.807) is 0 Å². The second-order valence-corrected chi connectivity index (χ2v) is 10.4. The van der Waals surface area contributed by atoms with Gasteiger partial charge in [0, 0.05) is 38.2 Å². The Morgan fingerprint density at radius 3 is 2.67 bits per heavy atom. The number of carbonyl (C=O) groups excluding carboxylic acids is 1.